The van der Waals surface area contributed by atoms with Crippen LogP contribution >= 0.6 is 27.3 Å². The quantitative estimate of drug-likeness (QED) is 0.376. The van der Waals surface area contributed by atoms with E-state index in [1.807, 2.05) is 49.4 Å². The zero-order valence-electron chi connectivity index (χ0n) is 20.5. The van der Waals surface area contributed by atoms with Gasteiger partial charge in [-0.25, -0.2) is 9.79 Å². The molecule has 1 aliphatic heterocycles. The number of para-hydroxylation sites is 1. The summed E-state index contributed by atoms with van der Waals surface area (Å²) in [6.45, 7) is 6.27. The lowest BCUT2D eigenvalue weighted by molar-refractivity contribution is -0.139. The topological polar surface area (TPSA) is 79.1 Å². The number of carbonyl (C=O) groups excluding carboxylic acids is 1. The van der Waals surface area contributed by atoms with E-state index in [9.17, 15) is 9.59 Å². The minimum absolute atomic E-state index is 0.212. The first kappa shape index (κ1) is 25.9. The van der Waals surface area contributed by atoms with Crippen molar-refractivity contribution < 1.29 is 19.0 Å². The number of nitrogens with zero attached hydrogens (tertiary/aromatic N) is 2. The Morgan fingerprint density at radius 1 is 1.19 bits per heavy atom. The van der Waals surface area contributed by atoms with Crippen LogP contribution in [0.25, 0.3) is 6.08 Å². The average molecular weight is 571 g/mol. The second-order valence-electron chi connectivity index (χ2n) is 8.07. The van der Waals surface area contributed by atoms with Crippen molar-refractivity contribution in [2.75, 3.05) is 20.3 Å². The summed E-state index contributed by atoms with van der Waals surface area (Å²) >= 11 is 4.75. The molecule has 1 atom stereocenters. The van der Waals surface area contributed by atoms with E-state index in [-0.39, 0.29) is 12.2 Å². The minimum Gasteiger partial charge on any atom is -0.496 e. The third-order valence-corrected chi connectivity index (χ3v) is 7.15. The summed E-state index contributed by atoms with van der Waals surface area (Å²) in [6.07, 6.45) is 2.61. The molecule has 0 saturated heterocycles. The van der Waals surface area contributed by atoms with Crippen molar-refractivity contribution in [3.05, 3.63) is 89.0 Å². The number of benzene rings is 2. The molecule has 1 aliphatic rings. The van der Waals surface area contributed by atoms with E-state index in [2.05, 4.69) is 20.9 Å². The Bertz CT molecular complexity index is 1510. The van der Waals surface area contributed by atoms with Gasteiger partial charge in [-0.3, -0.25) is 9.36 Å². The standard InChI is InChI=1S/C27H27BrN2O5S/c1-5-13-35-21-10-8-7-9-19(21)24-23(26(32)34-6-2)16(3)29-27-30(24)25(31)22(36-27)15-17-14-18(28)11-12-20(17)33-4/h7-12,14-15,24H,5-6,13H2,1-4H3/b22-15-/t24-/m0/s1. The highest BCUT2D eigenvalue weighted by Crippen LogP contribution is 2.36. The number of rotatable bonds is 8. The Balaban J connectivity index is 1.98. The van der Waals surface area contributed by atoms with Gasteiger partial charge in [0, 0.05) is 15.6 Å². The summed E-state index contributed by atoms with van der Waals surface area (Å²) in [7, 11) is 1.59. The number of hydrogen-bond donors (Lipinski definition) is 0. The molecule has 7 nitrogen and oxygen atoms in total. The molecule has 0 bridgehead atoms. The first-order valence-electron chi connectivity index (χ1n) is 11.6. The van der Waals surface area contributed by atoms with Gasteiger partial charge >= 0.3 is 5.97 Å². The van der Waals surface area contributed by atoms with E-state index in [4.69, 9.17) is 14.2 Å². The molecule has 3 aromatic rings. The van der Waals surface area contributed by atoms with E-state index >= 15 is 0 Å². The molecule has 188 valence electrons. The van der Waals surface area contributed by atoms with Gasteiger partial charge in [-0.05, 0) is 50.6 Å². The summed E-state index contributed by atoms with van der Waals surface area (Å²) in [5, 5.41) is 0. The van der Waals surface area contributed by atoms with Gasteiger partial charge < -0.3 is 14.2 Å². The van der Waals surface area contributed by atoms with Gasteiger partial charge in [0.15, 0.2) is 4.80 Å². The van der Waals surface area contributed by atoms with Crippen LogP contribution in [0.1, 0.15) is 44.4 Å². The van der Waals surface area contributed by atoms with Gasteiger partial charge in [-0.1, -0.05) is 52.4 Å². The van der Waals surface area contributed by atoms with E-state index in [1.54, 1.807) is 31.6 Å². The van der Waals surface area contributed by atoms with Crippen LogP contribution in [-0.2, 0) is 9.53 Å². The number of allylic oxidation sites excluding steroid dienone is 1. The Morgan fingerprint density at radius 3 is 2.69 bits per heavy atom. The van der Waals surface area contributed by atoms with Gasteiger partial charge in [0.2, 0.25) is 0 Å². The summed E-state index contributed by atoms with van der Waals surface area (Å²) in [6, 6.07) is 12.3. The van der Waals surface area contributed by atoms with Crippen molar-refractivity contribution in [2.24, 2.45) is 4.99 Å². The maximum Gasteiger partial charge on any atom is 0.338 e. The van der Waals surface area contributed by atoms with Gasteiger partial charge in [0.1, 0.15) is 17.5 Å². The fraction of sp³-hybridized carbons (Fsp3) is 0.296. The molecule has 4 rings (SSSR count). The van der Waals surface area contributed by atoms with Crippen molar-refractivity contribution >= 4 is 39.3 Å². The molecule has 0 fully saturated rings. The highest BCUT2D eigenvalue weighted by Gasteiger charge is 2.35. The molecule has 0 saturated carbocycles. The molecule has 0 aliphatic carbocycles. The first-order valence-corrected chi connectivity index (χ1v) is 13.2. The van der Waals surface area contributed by atoms with Crippen molar-refractivity contribution in [3.63, 3.8) is 0 Å². The molecule has 2 aromatic carbocycles. The molecule has 36 heavy (non-hydrogen) atoms. The Kier molecular flexibility index (Phi) is 8.11. The van der Waals surface area contributed by atoms with Crippen LogP contribution in [0.5, 0.6) is 11.5 Å². The Hall–Kier alpha value is -3.17. The molecular formula is C27H27BrN2O5S. The highest BCUT2D eigenvalue weighted by molar-refractivity contribution is 9.10. The second kappa shape index (κ2) is 11.3. The molecule has 9 heteroatoms. The first-order chi connectivity index (χ1) is 17.4. The van der Waals surface area contributed by atoms with Gasteiger partial charge in [-0.2, -0.15) is 0 Å². The number of fused-ring (bicyclic) bond motifs is 1. The van der Waals surface area contributed by atoms with E-state index < -0.39 is 12.0 Å². The fourth-order valence-corrected chi connectivity index (χ4v) is 5.51. The number of carbonyl (C=O) groups is 1. The number of halogens is 1. The molecule has 0 unspecified atom stereocenters. The predicted octanol–water partition coefficient (Wildman–Crippen LogP) is 4.36. The number of aromatic nitrogens is 1. The third-order valence-electron chi connectivity index (χ3n) is 5.67. The molecule has 0 amide bonds. The number of ether oxygens (including phenoxy) is 3. The number of thiazole rings is 1. The summed E-state index contributed by atoms with van der Waals surface area (Å²) in [4.78, 5) is 32.1. The summed E-state index contributed by atoms with van der Waals surface area (Å²) < 4.78 is 19.8. The monoisotopic (exact) mass is 570 g/mol. The normalized spacial score (nSPS) is 15.4. The average Bonchev–Trinajstić information content (AvgIpc) is 3.16. The molecule has 0 radical (unpaired) electrons. The van der Waals surface area contributed by atoms with Crippen LogP contribution in [0.2, 0.25) is 0 Å². The fourth-order valence-electron chi connectivity index (χ4n) is 4.09. The molecular weight excluding hydrogens is 544 g/mol. The molecule has 0 spiro atoms. The SMILES string of the molecule is CCCOc1ccccc1[C@H]1C(C(=O)OCC)=C(C)N=c2s/c(=C\c3cc(Br)ccc3OC)c(=O)n21. The molecule has 2 heterocycles. The minimum atomic E-state index is -0.736. The van der Waals surface area contributed by atoms with Crippen molar-refractivity contribution in [2.45, 2.75) is 33.2 Å². The van der Waals surface area contributed by atoms with E-state index in [0.29, 0.717) is 44.3 Å². The van der Waals surface area contributed by atoms with E-state index in [0.717, 1.165) is 16.5 Å². The lowest BCUT2D eigenvalue weighted by atomic mass is 9.95. The van der Waals surface area contributed by atoms with Gasteiger partial charge in [-0.15, -0.1) is 0 Å². The van der Waals surface area contributed by atoms with Crippen LogP contribution < -0.4 is 24.4 Å². The van der Waals surface area contributed by atoms with Crippen LogP contribution in [0.15, 0.2) is 68.0 Å². The molecule has 0 N–H and O–H groups in total. The van der Waals surface area contributed by atoms with Crippen LogP contribution in [0.4, 0.5) is 0 Å². The zero-order valence-corrected chi connectivity index (χ0v) is 22.9. The van der Waals surface area contributed by atoms with Gasteiger partial charge in [0.25, 0.3) is 5.56 Å². The zero-order chi connectivity index (χ0) is 25.8. The summed E-state index contributed by atoms with van der Waals surface area (Å²) in [5.74, 6) is 0.753. The summed E-state index contributed by atoms with van der Waals surface area (Å²) in [5.41, 5.74) is 2.03. The lowest BCUT2D eigenvalue weighted by Crippen LogP contribution is -2.40. The van der Waals surface area contributed by atoms with Crippen molar-refractivity contribution in [1.82, 2.24) is 4.57 Å². The second-order valence-corrected chi connectivity index (χ2v) is 10.00. The Morgan fingerprint density at radius 2 is 1.97 bits per heavy atom. The van der Waals surface area contributed by atoms with Crippen molar-refractivity contribution in [1.29, 1.82) is 0 Å². The number of methoxy groups -OCH3 is 1. The predicted molar refractivity (Wildman–Crippen MR) is 143 cm³/mol. The lowest BCUT2D eigenvalue weighted by Gasteiger charge is -2.26. The third kappa shape index (κ3) is 5.03. The number of hydrogen-bond acceptors (Lipinski definition) is 7. The largest absolute Gasteiger partial charge is 0.496 e. The smallest absolute Gasteiger partial charge is 0.338 e. The molecule has 1 aromatic heterocycles. The highest BCUT2D eigenvalue weighted by atomic mass is 79.9. The van der Waals surface area contributed by atoms with Crippen LogP contribution in [-0.4, -0.2) is 30.9 Å². The maximum atomic E-state index is 13.9. The van der Waals surface area contributed by atoms with Gasteiger partial charge in [0.05, 0.1) is 36.1 Å². The van der Waals surface area contributed by atoms with Crippen molar-refractivity contribution in [3.8, 4) is 11.5 Å². The number of esters is 1. The van der Waals surface area contributed by atoms with Crippen LogP contribution in [0, 0.1) is 0 Å². The van der Waals surface area contributed by atoms with E-state index in [1.165, 1.54) is 11.3 Å². The Labute approximate surface area is 221 Å². The maximum absolute atomic E-state index is 13.9. The van der Waals surface area contributed by atoms with Crippen LogP contribution in [0.3, 0.4) is 0 Å².